The Hall–Kier alpha value is -10.5. The molecule has 2 heterocycles. The number of thioether (sulfide) groups is 1. The minimum absolute atomic E-state index is 0.0647. The van der Waals surface area contributed by atoms with Crippen molar-refractivity contribution in [3.05, 3.63) is 131 Å². The lowest BCUT2D eigenvalue weighted by Crippen LogP contribution is -2.61. The van der Waals surface area contributed by atoms with Gasteiger partial charge in [-0.05, 0) is 141 Å². The van der Waals surface area contributed by atoms with Gasteiger partial charge in [-0.15, -0.1) is 0 Å². The Morgan fingerprint density at radius 2 is 0.926 bits per heavy atom. The third-order valence-corrected chi connectivity index (χ3v) is 20.0. The van der Waals surface area contributed by atoms with E-state index in [-0.39, 0.29) is 83.0 Å². The van der Waals surface area contributed by atoms with Gasteiger partial charge in [-0.25, -0.2) is 0 Å². The molecule has 3 aliphatic rings. The lowest BCUT2D eigenvalue weighted by atomic mass is 9.88. The lowest BCUT2D eigenvalue weighted by molar-refractivity contribution is -0.144. The van der Waals surface area contributed by atoms with Crippen LogP contribution in [0.5, 0.6) is 0 Å². The number of carbonyl (C=O) groups excluding carboxylic acids is 13. The fourth-order valence-electron chi connectivity index (χ4n) is 13.9. The topological polar surface area (TPSA) is 519 Å². The summed E-state index contributed by atoms with van der Waals surface area (Å²) in [4.78, 5) is 192. The number of primary amides is 3. The molecule has 32 heteroatoms. The van der Waals surface area contributed by atoms with Gasteiger partial charge in [0.1, 0.15) is 60.4 Å². The number of aliphatic imine (C=N–C) groups is 1. The molecule has 7 rings (SSSR count). The van der Waals surface area contributed by atoms with Crippen LogP contribution in [-0.4, -0.2) is 197 Å². The summed E-state index contributed by atoms with van der Waals surface area (Å²) < 4.78 is 0. The van der Waals surface area contributed by atoms with Gasteiger partial charge in [0.2, 0.25) is 76.8 Å². The SMILES string of the molecule is CSCC[C@H](NC(=O)[C@H](CC(C)C)NC(=O)[C@@H](NC(=O)[C@H](Cc1ccccc1)NC(=O)[C@H](Cc1ccccc1)NC(=O)[C@H](CCC(N)=O)NC(=O)[C@H](CCC(N)=O)NC(=O)[C@@H]1CCCN1C(=O)[C@H](CCCCN)NC(=O)[C@@H]1CCCN1C(=O)[C@@H](N)CCCN=C(N)N)C1c2ccccc2-c2ccccc21)C(N)=O. The third kappa shape index (κ3) is 24.8. The summed E-state index contributed by atoms with van der Waals surface area (Å²) >= 11 is 1.46. The van der Waals surface area contributed by atoms with E-state index in [2.05, 4.69) is 47.5 Å². The smallest absolute Gasteiger partial charge is 0.245 e. The maximum Gasteiger partial charge on any atom is 0.245 e. The number of rotatable bonds is 43. The van der Waals surface area contributed by atoms with Crippen molar-refractivity contribution in [1.29, 1.82) is 0 Å². The molecule has 4 aromatic carbocycles. The van der Waals surface area contributed by atoms with Crippen molar-refractivity contribution >= 4 is 94.5 Å². The Morgan fingerprint density at radius 1 is 0.481 bits per heavy atom. The number of nitrogens with one attached hydrogen (secondary N) is 8. The number of fused-ring (bicyclic) bond motifs is 3. The molecule has 2 fully saturated rings. The predicted molar refractivity (Wildman–Crippen MR) is 408 cm³/mol. The second kappa shape index (κ2) is 42.2. The zero-order valence-electron chi connectivity index (χ0n) is 61.6. The van der Waals surface area contributed by atoms with Crippen LogP contribution in [0.1, 0.15) is 138 Å². The Balaban J connectivity index is 1.14. The maximum absolute atomic E-state index is 15.6. The molecule has 108 heavy (non-hydrogen) atoms. The first kappa shape index (κ1) is 84.8. The molecular weight excluding hydrogens is 1410 g/mol. The van der Waals surface area contributed by atoms with E-state index in [0.717, 1.165) is 11.1 Å². The molecule has 2 aliphatic heterocycles. The van der Waals surface area contributed by atoms with Gasteiger partial charge in [-0.2, -0.15) is 11.8 Å². The molecule has 0 aromatic heterocycles. The van der Waals surface area contributed by atoms with E-state index >= 15 is 19.2 Å². The van der Waals surface area contributed by atoms with Crippen molar-refractivity contribution in [3.63, 3.8) is 0 Å². The van der Waals surface area contributed by atoms with Gasteiger partial charge in [0.15, 0.2) is 5.96 Å². The molecule has 2 saturated heterocycles. The Bertz CT molecular complexity index is 3780. The van der Waals surface area contributed by atoms with Gasteiger partial charge < -0.3 is 92.5 Å². The summed E-state index contributed by atoms with van der Waals surface area (Å²) in [7, 11) is 0. The highest BCUT2D eigenvalue weighted by Gasteiger charge is 2.45. The van der Waals surface area contributed by atoms with Gasteiger partial charge in [0, 0.05) is 51.2 Å². The highest BCUT2D eigenvalue weighted by molar-refractivity contribution is 7.98. The first-order valence-electron chi connectivity index (χ1n) is 36.9. The normalized spacial score (nSPS) is 16.9. The number of unbranched alkanes of at least 4 members (excludes halogenated alkanes) is 1. The first-order chi connectivity index (χ1) is 51.7. The average molecular weight is 1510 g/mol. The number of hydrogen-bond acceptors (Lipinski definition) is 17. The molecular formula is C76H106N18O13S. The number of hydrogen-bond donors (Lipinski definition) is 15. The largest absolute Gasteiger partial charge is 0.370 e. The summed E-state index contributed by atoms with van der Waals surface area (Å²) in [6, 6.07) is 17.6. The number of benzene rings is 4. The van der Waals surface area contributed by atoms with E-state index in [4.69, 9.17) is 40.1 Å². The molecule has 31 nitrogen and oxygen atoms in total. The number of nitrogens with two attached hydrogens (primary N) is 7. The van der Waals surface area contributed by atoms with Crippen molar-refractivity contribution in [1.82, 2.24) is 52.3 Å². The van der Waals surface area contributed by atoms with Gasteiger partial charge in [0.05, 0.1) is 6.04 Å². The van der Waals surface area contributed by atoms with Crippen molar-refractivity contribution in [2.45, 2.75) is 195 Å². The van der Waals surface area contributed by atoms with Gasteiger partial charge in [0.25, 0.3) is 0 Å². The molecule has 0 saturated carbocycles. The van der Waals surface area contributed by atoms with E-state index < -0.39 is 175 Å². The van der Waals surface area contributed by atoms with Crippen LogP contribution in [-0.2, 0) is 75.2 Å². The van der Waals surface area contributed by atoms with E-state index in [1.807, 2.05) is 56.5 Å². The van der Waals surface area contributed by atoms with Crippen LogP contribution in [0.4, 0.5) is 0 Å². The summed E-state index contributed by atoms with van der Waals surface area (Å²) in [6.45, 7) is 4.55. The number of nitrogens with zero attached hydrogens (tertiary/aromatic N) is 3. The Labute approximate surface area is 633 Å². The van der Waals surface area contributed by atoms with E-state index in [1.165, 1.54) is 21.6 Å². The third-order valence-electron chi connectivity index (χ3n) is 19.4. The predicted octanol–water partition coefficient (Wildman–Crippen LogP) is -0.530. The van der Waals surface area contributed by atoms with Crippen LogP contribution in [0.25, 0.3) is 11.1 Å². The fourth-order valence-corrected chi connectivity index (χ4v) is 14.3. The molecule has 22 N–H and O–H groups in total. The number of likely N-dealkylation sites (tertiary alicyclic amines) is 2. The minimum atomic E-state index is -1.68. The van der Waals surface area contributed by atoms with Crippen molar-refractivity contribution < 1.29 is 62.3 Å². The zero-order valence-corrected chi connectivity index (χ0v) is 62.4. The highest BCUT2D eigenvalue weighted by atomic mass is 32.2. The van der Waals surface area contributed by atoms with Crippen LogP contribution >= 0.6 is 11.8 Å². The highest BCUT2D eigenvalue weighted by Crippen LogP contribution is 2.46. The number of amides is 13. The van der Waals surface area contributed by atoms with Crippen LogP contribution in [0, 0.1) is 5.92 Å². The average Bonchev–Trinajstić information content (AvgIpc) is 1.59. The molecule has 0 bridgehead atoms. The number of guanidine groups is 1. The molecule has 584 valence electrons. The van der Waals surface area contributed by atoms with Crippen molar-refractivity contribution in [2.75, 3.05) is 38.2 Å². The second-order valence-corrected chi connectivity index (χ2v) is 29.0. The van der Waals surface area contributed by atoms with Crippen LogP contribution < -0.4 is 82.7 Å². The lowest BCUT2D eigenvalue weighted by Gasteiger charge is -2.32. The Kier molecular flexibility index (Phi) is 33.1. The minimum Gasteiger partial charge on any atom is -0.370 e. The van der Waals surface area contributed by atoms with Crippen LogP contribution in [0.15, 0.2) is 114 Å². The monoisotopic (exact) mass is 1510 g/mol. The molecule has 0 spiro atoms. The van der Waals surface area contributed by atoms with E-state index in [0.29, 0.717) is 66.5 Å². The molecule has 4 aromatic rings. The van der Waals surface area contributed by atoms with Crippen LogP contribution in [0.3, 0.4) is 0 Å². The Morgan fingerprint density at radius 3 is 1.42 bits per heavy atom. The fraction of sp³-hybridized carbons (Fsp3) is 0.500. The van der Waals surface area contributed by atoms with E-state index in [1.54, 1.807) is 72.8 Å². The second-order valence-electron chi connectivity index (χ2n) is 28.0. The molecule has 0 radical (unpaired) electrons. The van der Waals surface area contributed by atoms with Crippen molar-refractivity contribution in [2.24, 2.45) is 51.0 Å². The molecule has 0 unspecified atom stereocenters. The summed E-state index contributed by atoms with van der Waals surface area (Å²) in [6.07, 6.45) is 2.85. The van der Waals surface area contributed by atoms with Gasteiger partial charge >= 0.3 is 0 Å². The zero-order chi connectivity index (χ0) is 78.6. The van der Waals surface area contributed by atoms with Gasteiger partial charge in [-0.3, -0.25) is 67.3 Å². The van der Waals surface area contributed by atoms with Crippen LogP contribution in [0.2, 0.25) is 0 Å². The molecule has 13 amide bonds. The molecule has 11 atom stereocenters. The van der Waals surface area contributed by atoms with Crippen molar-refractivity contribution in [3.8, 4) is 11.1 Å². The summed E-state index contributed by atoms with van der Waals surface area (Å²) in [5, 5.41) is 22.3. The quantitative estimate of drug-likeness (QED) is 0.0150. The number of carbonyl (C=O) groups is 13. The summed E-state index contributed by atoms with van der Waals surface area (Å²) in [5.41, 5.74) is 44.0. The molecule has 1 aliphatic carbocycles. The standard InChI is InChI=1S/C76H106N18O13S/c1-44(2)41-56(68(100)85-52(65(81)97)35-40-108-3)91-73(105)64(63-49-25-12-10-23-47(49)48-24-11-13-26-50(48)63)92-70(102)58(43-46-21-8-5-9-22-46)90-69(101)57(42-45-19-6-4-7-20-45)89-67(99)53(31-33-61(79)95)86-66(98)54(32-34-62(80)96)87-71(103)60-30-18-39-94(60)75(107)55(28-14-15-36-77)88-72(104)59-29-17-38-93(59)74(106)51(78)27-16-37-84-76(82)83/h4-13,19-26,44,51-60,63-64H,14-18,27-43,77-78H2,1-3H3,(H2,79,95)(H2,80,96)(H2,81,97)(H,85,100)(H,86,98)(H,87,103)(H,88,104)(H,89,99)(H,90,101)(H,91,105)(H,92,102)(H4,82,83,84)/t51-,52-,53-,54-,55-,56-,57-,58-,59-,60-,64-/m0/s1. The van der Waals surface area contributed by atoms with E-state index in [9.17, 15) is 43.2 Å². The maximum atomic E-state index is 15.6. The summed E-state index contributed by atoms with van der Waals surface area (Å²) in [5.74, 6) is -10.9. The van der Waals surface area contributed by atoms with Gasteiger partial charge in [-0.1, -0.05) is 123 Å². The first-order valence-corrected chi connectivity index (χ1v) is 38.2.